The van der Waals surface area contributed by atoms with Gasteiger partial charge in [0.25, 0.3) is 5.91 Å². The Kier molecular flexibility index (Phi) is 7.37. The van der Waals surface area contributed by atoms with Crippen LogP contribution in [0.1, 0.15) is 34.6 Å². The van der Waals surface area contributed by atoms with Crippen LogP contribution in [0.25, 0.3) is 21.7 Å². The van der Waals surface area contributed by atoms with Gasteiger partial charge in [-0.15, -0.1) is 10.2 Å². The fourth-order valence-electron chi connectivity index (χ4n) is 5.41. The van der Waals surface area contributed by atoms with Gasteiger partial charge in [-0.3, -0.25) is 14.5 Å². The average Bonchev–Trinajstić information content (AvgIpc) is 3.77. The lowest BCUT2D eigenvalue weighted by Crippen LogP contribution is -2.31. The number of nitrogens with zero attached hydrogens (tertiary/aromatic N) is 3. The van der Waals surface area contributed by atoms with E-state index in [2.05, 4.69) is 34.5 Å². The fourth-order valence-corrected chi connectivity index (χ4v) is 7.28. The van der Waals surface area contributed by atoms with Crippen LogP contribution in [0, 0.1) is 0 Å². The molecule has 6 aromatic rings. The quantitative estimate of drug-likeness (QED) is 0.0989. The van der Waals surface area contributed by atoms with Crippen molar-refractivity contribution in [3.8, 4) is 5.75 Å². The van der Waals surface area contributed by atoms with Crippen molar-refractivity contribution in [3.63, 3.8) is 0 Å². The summed E-state index contributed by atoms with van der Waals surface area (Å²) in [5.41, 5.74) is 2.21. The van der Waals surface area contributed by atoms with E-state index >= 15 is 0 Å². The Labute approximate surface area is 260 Å². The van der Waals surface area contributed by atoms with Crippen LogP contribution in [0.2, 0.25) is 0 Å². The van der Waals surface area contributed by atoms with Gasteiger partial charge in [0, 0.05) is 11.1 Å². The summed E-state index contributed by atoms with van der Waals surface area (Å²) in [6.45, 7) is 2.38. The number of aliphatic hydroxyl groups excluding tert-OH is 1. The fraction of sp³-hybridized carbons (Fsp3) is 0.118. The Balaban J connectivity index is 1.23. The molecule has 1 amide bonds. The molecule has 218 valence electrons. The molecule has 0 saturated carbocycles. The first-order valence-corrected chi connectivity index (χ1v) is 15.8. The van der Waals surface area contributed by atoms with E-state index in [1.165, 1.54) is 33.4 Å². The molecule has 8 nitrogen and oxygen atoms in total. The van der Waals surface area contributed by atoms with Gasteiger partial charge in [0.15, 0.2) is 15.9 Å². The number of hydrogen-bond acceptors (Lipinski definition) is 9. The number of para-hydroxylation sites is 1. The van der Waals surface area contributed by atoms with E-state index in [0.717, 1.165) is 16.3 Å². The summed E-state index contributed by atoms with van der Waals surface area (Å²) in [5.74, 6) is -0.621. The molecule has 0 spiro atoms. The normalized spacial score (nSPS) is 15.1. The van der Waals surface area contributed by atoms with Crippen molar-refractivity contribution in [1.82, 2.24) is 10.2 Å². The summed E-state index contributed by atoms with van der Waals surface area (Å²) in [6.07, 6.45) is 0. The van der Waals surface area contributed by atoms with Crippen molar-refractivity contribution in [2.75, 3.05) is 11.5 Å². The molecule has 0 saturated heterocycles. The highest BCUT2D eigenvalue weighted by molar-refractivity contribution is 8.00. The molecule has 0 bridgehead atoms. The van der Waals surface area contributed by atoms with Crippen molar-refractivity contribution in [2.45, 2.75) is 23.1 Å². The number of carbonyl (C=O) groups excluding carboxylic acids is 2. The summed E-state index contributed by atoms with van der Waals surface area (Å²) in [5, 5.41) is 23.2. The van der Waals surface area contributed by atoms with Gasteiger partial charge in [-0.1, -0.05) is 95.9 Å². The van der Waals surface area contributed by atoms with E-state index in [1.54, 1.807) is 36.4 Å². The maximum Gasteiger partial charge on any atom is 0.296 e. The smallest absolute Gasteiger partial charge is 0.296 e. The number of rotatable bonds is 9. The number of fused-ring (bicyclic) bond motifs is 2. The second kappa shape index (κ2) is 11.6. The van der Waals surface area contributed by atoms with Crippen LogP contribution >= 0.6 is 23.1 Å². The van der Waals surface area contributed by atoms with Crippen molar-refractivity contribution >= 4 is 61.7 Å². The molecule has 10 heteroatoms. The molecule has 0 radical (unpaired) electrons. The van der Waals surface area contributed by atoms with Crippen molar-refractivity contribution < 1.29 is 23.8 Å². The third-order valence-electron chi connectivity index (χ3n) is 7.44. The summed E-state index contributed by atoms with van der Waals surface area (Å²) < 4.78 is 12.1. The van der Waals surface area contributed by atoms with E-state index in [0.29, 0.717) is 33.6 Å². The molecular formula is C34H25N3O5S2. The van der Waals surface area contributed by atoms with Gasteiger partial charge in [0.2, 0.25) is 10.9 Å². The molecule has 44 heavy (non-hydrogen) atoms. The van der Waals surface area contributed by atoms with Crippen LogP contribution < -0.4 is 9.64 Å². The Hall–Kier alpha value is -4.93. The Morgan fingerprint density at radius 3 is 2.52 bits per heavy atom. The van der Waals surface area contributed by atoms with E-state index in [9.17, 15) is 14.7 Å². The van der Waals surface area contributed by atoms with E-state index < -0.39 is 23.5 Å². The Morgan fingerprint density at radius 1 is 0.977 bits per heavy atom. The van der Waals surface area contributed by atoms with Crippen molar-refractivity contribution in [3.05, 3.63) is 125 Å². The first-order chi connectivity index (χ1) is 21.5. The number of ketones is 1. The SMILES string of the molecule is CCOc1ccc(C2C(C(=O)c3cc4ccccc4o3)=C(O)C(=O)N2c2nnc(SCc3cccc4ccccc34)s2)cc1. The van der Waals surface area contributed by atoms with Gasteiger partial charge in [0.1, 0.15) is 11.3 Å². The first kappa shape index (κ1) is 27.9. The van der Waals surface area contributed by atoms with Crippen LogP contribution in [0.4, 0.5) is 5.13 Å². The highest BCUT2D eigenvalue weighted by Crippen LogP contribution is 2.44. The number of furan rings is 1. The molecule has 4 aromatic carbocycles. The largest absolute Gasteiger partial charge is 0.503 e. The summed E-state index contributed by atoms with van der Waals surface area (Å²) >= 11 is 2.75. The average molecular weight is 620 g/mol. The highest BCUT2D eigenvalue weighted by Gasteiger charge is 2.46. The van der Waals surface area contributed by atoms with Gasteiger partial charge in [-0.2, -0.15) is 0 Å². The number of aliphatic hydroxyl groups is 1. The minimum Gasteiger partial charge on any atom is -0.503 e. The van der Waals surface area contributed by atoms with E-state index in [1.807, 2.05) is 43.3 Å². The molecule has 2 aromatic heterocycles. The maximum atomic E-state index is 13.9. The van der Waals surface area contributed by atoms with E-state index in [4.69, 9.17) is 9.15 Å². The summed E-state index contributed by atoms with van der Waals surface area (Å²) in [6, 6.07) is 29.4. The zero-order chi connectivity index (χ0) is 30.2. The third kappa shape index (κ3) is 5.01. The number of Topliss-reactive ketones (excluding diaryl/α,β-unsaturated/α-hetero) is 1. The minimum absolute atomic E-state index is 0.0296. The van der Waals surface area contributed by atoms with Crippen LogP contribution in [0.15, 0.2) is 117 Å². The predicted molar refractivity (Wildman–Crippen MR) is 171 cm³/mol. The summed E-state index contributed by atoms with van der Waals surface area (Å²) in [4.78, 5) is 28.9. The number of thioether (sulfide) groups is 1. The number of aromatic nitrogens is 2. The zero-order valence-electron chi connectivity index (χ0n) is 23.5. The minimum atomic E-state index is -0.956. The lowest BCUT2D eigenvalue weighted by molar-refractivity contribution is -0.117. The lowest BCUT2D eigenvalue weighted by atomic mass is 9.95. The van der Waals surface area contributed by atoms with Gasteiger partial charge >= 0.3 is 0 Å². The van der Waals surface area contributed by atoms with Crippen LogP contribution in [-0.2, 0) is 10.5 Å². The molecule has 3 heterocycles. The number of ether oxygens (including phenoxy) is 1. The van der Waals surface area contributed by atoms with Gasteiger partial charge in [0.05, 0.1) is 18.2 Å². The molecule has 1 aliphatic heterocycles. The predicted octanol–water partition coefficient (Wildman–Crippen LogP) is 7.91. The third-order valence-corrected chi connectivity index (χ3v) is 9.55. The number of anilines is 1. The highest BCUT2D eigenvalue weighted by atomic mass is 32.2. The van der Waals surface area contributed by atoms with Crippen LogP contribution in [-0.4, -0.2) is 33.6 Å². The molecule has 7 rings (SSSR count). The lowest BCUT2D eigenvalue weighted by Gasteiger charge is -2.24. The molecule has 1 unspecified atom stereocenters. The molecular weight excluding hydrogens is 595 g/mol. The maximum absolute atomic E-state index is 13.9. The molecule has 1 aliphatic rings. The van der Waals surface area contributed by atoms with E-state index in [-0.39, 0.29) is 16.5 Å². The van der Waals surface area contributed by atoms with Crippen LogP contribution in [0.3, 0.4) is 0 Å². The Morgan fingerprint density at radius 2 is 1.73 bits per heavy atom. The van der Waals surface area contributed by atoms with Crippen LogP contribution in [0.5, 0.6) is 5.75 Å². The number of hydrogen-bond donors (Lipinski definition) is 1. The standard InChI is InChI=1S/C34H25N3O5S2/c1-2-41-24-16-14-21(15-17-24)29-28(30(38)27-18-22-9-4-6-13-26(22)42-27)31(39)32(40)37(29)33-35-36-34(44-33)43-19-23-11-7-10-20-8-3-5-12-25(20)23/h3-18,29,39H,2,19H2,1H3. The second-order valence-corrected chi connectivity index (χ2v) is 12.3. The second-order valence-electron chi connectivity index (χ2n) is 10.1. The number of benzene rings is 4. The number of carbonyl (C=O) groups is 2. The summed E-state index contributed by atoms with van der Waals surface area (Å²) in [7, 11) is 0. The van der Waals surface area contributed by atoms with Crippen molar-refractivity contribution in [2.24, 2.45) is 0 Å². The van der Waals surface area contributed by atoms with Gasteiger partial charge in [-0.25, -0.2) is 0 Å². The molecule has 0 aliphatic carbocycles. The Bertz CT molecular complexity index is 2030. The monoisotopic (exact) mass is 619 g/mol. The first-order valence-electron chi connectivity index (χ1n) is 14.0. The molecule has 1 N–H and O–H groups in total. The van der Waals surface area contributed by atoms with Crippen molar-refractivity contribution in [1.29, 1.82) is 0 Å². The van der Waals surface area contributed by atoms with Gasteiger partial charge < -0.3 is 14.3 Å². The van der Waals surface area contributed by atoms with Gasteiger partial charge in [-0.05, 0) is 53.1 Å². The molecule has 0 fully saturated rings. The molecule has 1 atom stereocenters. The zero-order valence-corrected chi connectivity index (χ0v) is 25.1. The number of amides is 1. The topological polar surface area (TPSA) is 106 Å².